The molecule has 1 fully saturated rings. The Balaban J connectivity index is 1.60. The van der Waals surface area contributed by atoms with Crippen LogP contribution < -0.4 is 10.5 Å². The first-order valence-corrected chi connectivity index (χ1v) is 9.07. The molecule has 3 rings (SSSR count). The number of hydrogen-bond acceptors (Lipinski definition) is 5. The summed E-state index contributed by atoms with van der Waals surface area (Å²) in [6, 6.07) is 16.0. The minimum atomic E-state index is -1.04. The third-order valence-corrected chi connectivity index (χ3v) is 4.36. The van der Waals surface area contributed by atoms with Gasteiger partial charge in [-0.25, -0.2) is 0 Å². The number of carbonyl (C=O) groups excluding carboxylic acids is 2. The van der Waals surface area contributed by atoms with Gasteiger partial charge in [0.2, 0.25) is 11.7 Å². The second kappa shape index (κ2) is 9.70. The highest BCUT2D eigenvalue weighted by atomic mass is 16.5. The number of nitrogens with two attached hydrogens (primary N) is 1. The van der Waals surface area contributed by atoms with Crippen molar-refractivity contribution in [2.24, 2.45) is 5.73 Å². The van der Waals surface area contributed by atoms with Crippen LogP contribution in [0.1, 0.15) is 11.1 Å². The first-order chi connectivity index (χ1) is 13.6. The number of ketones is 1. The molecule has 0 bridgehead atoms. The van der Waals surface area contributed by atoms with Gasteiger partial charge in [-0.1, -0.05) is 36.3 Å². The van der Waals surface area contributed by atoms with Crippen LogP contribution in [0.2, 0.25) is 0 Å². The van der Waals surface area contributed by atoms with E-state index in [-0.39, 0.29) is 0 Å². The lowest BCUT2D eigenvalue weighted by Crippen LogP contribution is -2.53. The van der Waals surface area contributed by atoms with Gasteiger partial charge in [0.25, 0.3) is 0 Å². The maximum Gasteiger partial charge on any atom is 0.243 e. The second-order valence-electron chi connectivity index (χ2n) is 6.37. The normalized spacial score (nSPS) is 15.1. The second-order valence-corrected chi connectivity index (χ2v) is 6.37. The fourth-order valence-electron chi connectivity index (χ4n) is 2.89. The monoisotopic (exact) mass is 378 g/mol. The quantitative estimate of drug-likeness (QED) is 0.607. The van der Waals surface area contributed by atoms with Crippen molar-refractivity contribution in [3.05, 3.63) is 65.7 Å². The SMILES string of the molecule is NC(=O)C(C(=O)C#Cc1ccc(OCc2ccccc2)cc1)N1CCOCC1. The Morgan fingerprint density at radius 1 is 1.07 bits per heavy atom. The summed E-state index contributed by atoms with van der Waals surface area (Å²) in [4.78, 5) is 25.8. The predicted octanol–water partition coefficient (Wildman–Crippen LogP) is 1.37. The van der Waals surface area contributed by atoms with Crippen LogP contribution >= 0.6 is 0 Å². The van der Waals surface area contributed by atoms with Crippen molar-refractivity contribution in [2.45, 2.75) is 12.6 Å². The molecule has 1 aliphatic heterocycles. The fourth-order valence-corrected chi connectivity index (χ4v) is 2.89. The minimum absolute atomic E-state index is 0.467. The third kappa shape index (κ3) is 5.43. The van der Waals surface area contributed by atoms with Crippen molar-refractivity contribution < 1.29 is 19.1 Å². The molecule has 1 saturated heterocycles. The predicted molar refractivity (Wildman–Crippen MR) is 104 cm³/mol. The highest BCUT2D eigenvalue weighted by Crippen LogP contribution is 2.14. The summed E-state index contributed by atoms with van der Waals surface area (Å²) in [7, 11) is 0. The lowest BCUT2D eigenvalue weighted by Gasteiger charge is -2.30. The van der Waals surface area contributed by atoms with E-state index >= 15 is 0 Å². The summed E-state index contributed by atoms with van der Waals surface area (Å²) in [5, 5.41) is 0. The molecule has 1 unspecified atom stereocenters. The molecule has 28 heavy (non-hydrogen) atoms. The number of carbonyl (C=O) groups is 2. The van der Waals surface area contributed by atoms with Gasteiger partial charge in [-0.15, -0.1) is 0 Å². The Morgan fingerprint density at radius 3 is 2.39 bits per heavy atom. The number of benzene rings is 2. The van der Waals surface area contributed by atoms with E-state index in [2.05, 4.69) is 11.8 Å². The lowest BCUT2D eigenvalue weighted by atomic mass is 10.1. The molecule has 0 spiro atoms. The van der Waals surface area contributed by atoms with Gasteiger partial charge < -0.3 is 15.2 Å². The van der Waals surface area contributed by atoms with E-state index in [4.69, 9.17) is 15.2 Å². The Labute approximate surface area is 164 Å². The standard InChI is InChI=1S/C22H22N2O4/c23-22(26)21(24-12-14-27-15-13-24)20(25)11-8-17-6-9-19(10-7-17)28-16-18-4-2-1-3-5-18/h1-7,9-10,21H,12-16H2,(H2,23,26). The minimum Gasteiger partial charge on any atom is -0.489 e. The average Bonchev–Trinajstić information content (AvgIpc) is 2.73. The number of rotatable bonds is 6. The molecule has 6 heteroatoms. The molecule has 0 radical (unpaired) electrons. The zero-order valence-corrected chi connectivity index (χ0v) is 15.5. The van der Waals surface area contributed by atoms with Gasteiger partial charge in [0.05, 0.1) is 13.2 Å². The van der Waals surface area contributed by atoms with Crippen molar-refractivity contribution in [1.29, 1.82) is 0 Å². The molecular weight excluding hydrogens is 356 g/mol. The van der Waals surface area contributed by atoms with Crippen molar-refractivity contribution in [3.63, 3.8) is 0 Å². The number of hydrogen-bond donors (Lipinski definition) is 1. The van der Waals surface area contributed by atoms with Gasteiger partial charge in [0, 0.05) is 18.7 Å². The van der Waals surface area contributed by atoms with Crippen LogP contribution in [0.25, 0.3) is 0 Å². The largest absolute Gasteiger partial charge is 0.489 e. The molecule has 1 aliphatic rings. The third-order valence-electron chi connectivity index (χ3n) is 4.36. The fraction of sp³-hybridized carbons (Fsp3) is 0.273. The van der Waals surface area contributed by atoms with Crippen LogP contribution in [0.3, 0.4) is 0 Å². The van der Waals surface area contributed by atoms with Gasteiger partial charge in [0.15, 0.2) is 6.04 Å². The summed E-state index contributed by atoms with van der Waals surface area (Å²) in [5.74, 6) is 4.86. The maximum absolute atomic E-state index is 12.4. The summed E-state index contributed by atoms with van der Waals surface area (Å²) >= 11 is 0. The summed E-state index contributed by atoms with van der Waals surface area (Å²) in [5.41, 5.74) is 7.15. The van der Waals surface area contributed by atoms with Crippen molar-refractivity contribution in [3.8, 4) is 17.6 Å². The average molecular weight is 378 g/mol. The first-order valence-electron chi connectivity index (χ1n) is 9.07. The molecule has 2 aromatic rings. The number of amides is 1. The highest BCUT2D eigenvalue weighted by molar-refractivity contribution is 6.13. The zero-order valence-electron chi connectivity index (χ0n) is 15.5. The molecule has 0 aromatic heterocycles. The van der Waals surface area contributed by atoms with E-state index in [1.54, 1.807) is 29.2 Å². The van der Waals surface area contributed by atoms with E-state index in [1.807, 2.05) is 30.3 Å². The molecule has 144 valence electrons. The number of morpholine rings is 1. The first kappa shape index (κ1) is 19.6. The molecule has 0 saturated carbocycles. The zero-order chi connectivity index (χ0) is 19.8. The summed E-state index contributed by atoms with van der Waals surface area (Å²) < 4.78 is 11.0. The van der Waals surface area contributed by atoms with Crippen LogP contribution in [0.5, 0.6) is 5.75 Å². The molecule has 1 amide bonds. The number of nitrogens with zero attached hydrogens (tertiary/aromatic N) is 1. The Morgan fingerprint density at radius 2 is 1.75 bits per heavy atom. The maximum atomic E-state index is 12.4. The highest BCUT2D eigenvalue weighted by Gasteiger charge is 2.31. The Hall–Kier alpha value is -3.14. The number of ether oxygens (including phenoxy) is 2. The van der Waals surface area contributed by atoms with Gasteiger partial charge >= 0.3 is 0 Å². The summed E-state index contributed by atoms with van der Waals surface area (Å²) in [6.07, 6.45) is 0. The number of Topliss-reactive ketones (excluding diaryl/α,β-unsaturated/α-hetero) is 1. The molecular formula is C22H22N2O4. The molecule has 1 heterocycles. The van der Waals surface area contributed by atoms with Crippen LogP contribution in [0.4, 0.5) is 0 Å². The van der Waals surface area contributed by atoms with Gasteiger partial charge in [-0.2, -0.15) is 0 Å². The van der Waals surface area contributed by atoms with E-state index < -0.39 is 17.7 Å². The van der Waals surface area contributed by atoms with Gasteiger partial charge in [0.1, 0.15) is 12.4 Å². The molecule has 1 atom stereocenters. The van der Waals surface area contributed by atoms with Crippen LogP contribution in [-0.4, -0.2) is 48.9 Å². The van der Waals surface area contributed by atoms with E-state index in [0.717, 1.165) is 5.56 Å². The number of primary amides is 1. The van der Waals surface area contributed by atoms with Crippen LogP contribution in [0.15, 0.2) is 54.6 Å². The van der Waals surface area contributed by atoms with Crippen molar-refractivity contribution >= 4 is 11.7 Å². The van der Waals surface area contributed by atoms with Crippen molar-refractivity contribution in [1.82, 2.24) is 4.90 Å². The Bertz CT molecular complexity index is 863. The van der Waals surface area contributed by atoms with Crippen molar-refractivity contribution in [2.75, 3.05) is 26.3 Å². The van der Waals surface area contributed by atoms with Crippen LogP contribution in [-0.2, 0) is 20.9 Å². The molecule has 2 N–H and O–H groups in total. The molecule has 2 aromatic carbocycles. The van der Waals surface area contributed by atoms with E-state index in [0.29, 0.717) is 44.2 Å². The lowest BCUT2D eigenvalue weighted by molar-refractivity contribution is -0.133. The smallest absolute Gasteiger partial charge is 0.243 e. The van der Waals surface area contributed by atoms with E-state index in [1.165, 1.54) is 0 Å². The molecule has 0 aliphatic carbocycles. The van der Waals surface area contributed by atoms with E-state index in [9.17, 15) is 9.59 Å². The topological polar surface area (TPSA) is 81.9 Å². The molecule has 6 nitrogen and oxygen atoms in total. The van der Waals surface area contributed by atoms with Crippen LogP contribution in [0, 0.1) is 11.8 Å². The Kier molecular flexibility index (Phi) is 6.79. The summed E-state index contributed by atoms with van der Waals surface area (Å²) in [6.45, 7) is 2.37. The van der Waals surface area contributed by atoms with Gasteiger partial charge in [-0.05, 0) is 35.7 Å². The van der Waals surface area contributed by atoms with Gasteiger partial charge in [-0.3, -0.25) is 14.5 Å².